The van der Waals surface area contributed by atoms with Crippen LogP contribution in [0.5, 0.6) is 11.5 Å². The van der Waals surface area contributed by atoms with Crippen LogP contribution in [0.25, 0.3) is 0 Å². The first-order valence-electron chi connectivity index (χ1n) is 10.7. The van der Waals surface area contributed by atoms with Gasteiger partial charge in [0.25, 0.3) is 5.91 Å². The van der Waals surface area contributed by atoms with Crippen molar-refractivity contribution < 1.29 is 22.7 Å². The van der Waals surface area contributed by atoms with Crippen LogP contribution in [0.1, 0.15) is 44.6 Å². The third-order valence-corrected chi connectivity index (χ3v) is 6.72. The lowest BCUT2D eigenvalue weighted by Crippen LogP contribution is -2.36. The Morgan fingerprint density at radius 2 is 1.77 bits per heavy atom. The normalized spacial score (nSPS) is 14.8. The first kappa shape index (κ1) is 23.1. The van der Waals surface area contributed by atoms with Crippen LogP contribution in [0, 0.1) is 6.92 Å². The fourth-order valence-electron chi connectivity index (χ4n) is 3.64. The predicted octanol–water partition coefficient (Wildman–Crippen LogP) is 4.02. The molecule has 0 heterocycles. The number of hydrogen-bond donors (Lipinski definition) is 2. The lowest BCUT2D eigenvalue weighted by molar-refractivity contribution is -0.118. The van der Waals surface area contributed by atoms with E-state index in [-0.39, 0.29) is 23.5 Å². The van der Waals surface area contributed by atoms with Crippen LogP contribution in [0.15, 0.2) is 47.4 Å². The number of carbonyl (C=O) groups is 1. The van der Waals surface area contributed by atoms with Crippen molar-refractivity contribution in [3.63, 3.8) is 0 Å². The lowest BCUT2D eigenvalue weighted by atomic mass is 9.96. The lowest BCUT2D eigenvalue weighted by Gasteiger charge is -2.22. The Balaban J connectivity index is 1.59. The van der Waals surface area contributed by atoms with E-state index in [2.05, 4.69) is 10.0 Å². The van der Waals surface area contributed by atoms with Gasteiger partial charge in [-0.15, -0.1) is 0 Å². The summed E-state index contributed by atoms with van der Waals surface area (Å²) in [6.07, 6.45) is 5.02. The van der Waals surface area contributed by atoms with Gasteiger partial charge in [-0.3, -0.25) is 4.79 Å². The van der Waals surface area contributed by atoms with Crippen molar-refractivity contribution in [3.05, 3.63) is 48.0 Å². The topological polar surface area (TPSA) is 93.7 Å². The largest absolute Gasteiger partial charge is 0.492 e. The second-order valence-electron chi connectivity index (χ2n) is 7.65. The number of hydrogen-bond acceptors (Lipinski definition) is 5. The van der Waals surface area contributed by atoms with Crippen LogP contribution >= 0.6 is 0 Å². The fraction of sp³-hybridized carbons (Fsp3) is 0.435. The van der Waals surface area contributed by atoms with Crippen LogP contribution in [-0.4, -0.2) is 33.6 Å². The third kappa shape index (κ3) is 6.45. The van der Waals surface area contributed by atoms with E-state index in [1.807, 2.05) is 19.1 Å². The van der Waals surface area contributed by atoms with Gasteiger partial charge in [-0.05, 0) is 62.6 Å². The Morgan fingerprint density at radius 3 is 2.48 bits per heavy atom. The van der Waals surface area contributed by atoms with Crippen LogP contribution < -0.4 is 19.5 Å². The van der Waals surface area contributed by atoms with Crippen molar-refractivity contribution in [1.29, 1.82) is 0 Å². The van der Waals surface area contributed by atoms with E-state index in [0.717, 1.165) is 32.1 Å². The molecule has 31 heavy (non-hydrogen) atoms. The maximum atomic E-state index is 12.7. The number of rotatable bonds is 9. The average Bonchev–Trinajstić information content (AvgIpc) is 2.75. The van der Waals surface area contributed by atoms with Crippen molar-refractivity contribution in [2.75, 3.05) is 18.5 Å². The van der Waals surface area contributed by atoms with Gasteiger partial charge in [-0.1, -0.05) is 31.4 Å². The molecular weight excluding hydrogens is 416 g/mol. The highest BCUT2D eigenvalue weighted by Gasteiger charge is 2.22. The van der Waals surface area contributed by atoms with Gasteiger partial charge in [0, 0.05) is 6.04 Å². The molecule has 1 amide bonds. The molecule has 1 fully saturated rings. The number of anilines is 1. The van der Waals surface area contributed by atoms with Crippen molar-refractivity contribution in [1.82, 2.24) is 4.72 Å². The number of benzene rings is 2. The number of para-hydroxylation sites is 2. The first-order chi connectivity index (χ1) is 14.9. The molecule has 0 radical (unpaired) electrons. The summed E-state index contributed by atoms with van der Waals surface area (Å²) in [4.78, 5) is 12.5. The molecule has 168 valence electrons. The number of carbonyl (C=O) groups excluding carboxylic acids is 1. The molecule has 7 nitrogen and oxygen atoms in total. The smallest absolute Gasteiger partial charge is 0.262 e. The summed E-state index contributed by atoms with van der Waals surface area (Å²) in [5, 5.41) is 2.77. The van der Waals surface area contributed by atoms with Crippen molar-refractivity contribution in [3.8, 4) is 11.5 Å². The van der Waals surface area contributed by atoms with Gasteiger partial charge in [0.15, 0.2) is 6.61 Å². The summed E-state index contributed by atoms with van der Waals surface area (Å²) in [5.41, 5.74) is 1.22. The summed E-state index contributed by atoms with van der Waals surface area (Å²) in [7, 11) is -3.58. The van der Waals surface area contributed by atoms with Crippen LogP contribution in [0.2, 0.25) is 0 Å². The highest BCUT2D eigenvalue weighted by molar-refractivity contribution is 7.89. The van der Waals surface area contributed by atoms with Gasteiger partial charge in [0.2, 0.25) is 10.0 Å². The van der Waals surface area contributed by atoms with E-state index in [1.54, 1.807) is 31.2 Å². The van der Waals surface area contributed by atoms with Crippen LogP contribution in [0.4, 0.5) is 5.69 Å². The van der Waals surface area contributed by atoms with E-state index >= 15 is 0 Å². The van der Waals surface area contributed by atoms with Crippen LogP contribution in [0.3, 0.4) is 0 Å². The monoisotopic (exact) mass is 446 g/mol. The highest BCUT2D eigenvalue weighted by atomic mass is 32.2. The summed E-state index contributed by atoms with van der Waals surface area (Å²) in [5.74, 6) is 0.724. The van der Waals surface area contributed by atoms with E-state index < -0.39 is 10.0 Å². The Labute approximate surface area is 184 Å². The molecule has 8 heteroatoms. The summed E-state index contributed by atoms with van der Waals surface area (Å²) >= 11 is 0. The quantitative estimate of drug-likeness (QED) is 0.607. The summed E-state index contributed by atoms with van der Waals surface area (Å²) in [6.45, 7) is 3.93. The molecule has 2 N–H and O–H groups in total. The summed E-state index contributed by atoms with van der Waals surface area (Å²) < 4.78 is 39.3. The number of amides is 1. The minimum atomic E-state index is -3.58. The molecule has 0 aliphatic heterocycles. The molecule has 0 unspecified atom stereocenters. The molecule has 1 aliphatic carbocycles. The zero-order chi connectivity index (χ0) is 22.3. The maximum Gasteiger partial charge on any atom is 0.262 e. The van der Waals surface area contributed by atoms with Crippen molar-refractivity contribution >= 4 is 21.6 Å². The van der Waals surface area contributed by atoms with E-state index in [0.29, 0.717) is 29.4 Å². The molecule has 1 saturated carbocycles. The van der Waals surface area contributed by atoms with E-state index in [1.165, 1.54) is 6.07 Å². The number of sulfonamides is 1. The molecule has 0 atom stereocenters. The van der Waals surface area contributed by atoms with E-state index in [4.69, 9.17) is 9.47 Å². The Bertz CT molecular complexity index is 1000. The first-order valence-corrected chi connectivity index (χ1v) is 12.1. The molecule has 2 aromatic carbocycles. The second kappa shape index (κ2) is 10.6. The number of nitrogens with one attached hydrogen (secondary N) is 2. The number of ether oxygens (including phenoxy) is 2. The number of aryl methyl sites for hydroxylation is 1. The molecule has 0 spiro atoms. The maximum absolute atomic E-state index is 12.7. The van der Waals surface area contributed by atoms with Gasteiger partial charge in [0.1, 0.15) is 11.5 Å². The molecule has 0 saturated heterocycles. The minimum Gasteiger partial charge on any atom is -0.492 e. The van der Waals surface area contributed by atoms with Gasteiger partial charge in [0.05, 0.1) is 17.2 Å². The van der Waals surface area contributed by atoms with Crippen molar-refractivity contribution in [2.24, 2.45) is 0 Å². The third-order valence-electron chi connectivity index (χ3n) is 5.20. The summed E-state index contributed by atoms with van der Waals surface area (Å²) in [6, 6.07) is 11.9. The average molecular weight is 447 g/mol. The van der Waals surface area contributed by atoms with Crippen LogP contribution in [-0.2, 0) is 14.8 Å². The zero-order valence-corrected chi connectivity index (χ0v) is 18.8. The minimum absolute atomic E-state index is 0.00163. The molecular formula is C23H30N2O5S. The molecule has 3 rings (SSSR count). The van der Waals surface area contributed by atoms with Gasteiger partial charge in [-0.25, -0.2) is 13.1 Å². The zero-order valence-electron chi connectivity index (χ0n) is 18.0. The second-order valence-corrected chi connectivity index (χ2v) is 9.36. The molecule has 1 aliphatic rings. The van der Waals surface area contributed by atoms with Crippen molar-refractivity contribution in [2.45, 2.75) is 56.9 Å². The van der Waals surface area contributed by atoms with Gasteiger partial charge >= 0.3 is 0 Å². The Hall–Kier alpha value is -2.58. The SMILES string of the molecule is CCOc1ccccc1NC(=O)COc1ccc(S(=O)(=O)NC2CCCCC2)cc1C. The predicted molar refractivity (Wildman–Crippen MR) is 120 cm³/mol. The molecule has 2 aromatic rings. The molecule has 0 aromatic heterocycles. The Morgan fingerprint density at radius 1 is 1.03 bits per heavy atom. The van der Waals surface area contributed by atoms with Gasteiger partial charge in [-0.2, -0.15) is 0 Å². The highest BCUT2D eigenvalue weighted by Crippen LogP contribution is 2.25. The fourth-order valence-corrected chi connectivity index (χ4v) is 5.03. The van der Waals surface area contributed by atoms with Gasteiger partial charge < -0.3 is 14.8 Å². The Kier molecular flexibility index (Phi) is 7.92. The molecule has 0 bridgehead atoms. The standard InChI is InChI=1S/C23H30N2O5S/c1-3-29-22-12-8-7-11-20(22)24-23(26)16-30-21-14-13-19(15-17(21)2)31(27,28)25-18-9-5-4-6-10-18/h7-8,11-15,18,25H,3-6,9-10,16H2,1-2H3,(H,24,26). The van der Waals surface area contributed by atoms with E-state index in [9.17, 15) is 13.2 Å².